The molecule has 6 heteroatoms. The van der Waals surface area contributed by atoms with Crippen LogP contribution in [0.2, 0.25) is 0 Å². The van der Waals surface area contributed by atoms with Crippen LogP contribution in [-0.2, 0) is 4.79 Å². The van der Waals surface area contributed by atoms with Crippen LogP contribution in [0.5, 0.6) is 0 Å². The van der Waals surface area contributed by atoms with Crippen molar-refractivity contribution < 1.29 is 9.90 Å². The first kappa shape index (κ1) is 14.7. The lowest BCUT2D eigenvalue weighted by atomic mass is 10.3. The number of anilines is 1. The summed E-state index contributed by atoms with van der Waals surface area (Å²) < 4.78 is 0. The van der Waals surface area contributed by atoms with Crippen molar-refractivity contribution in [2.45, 2.75) is 13.0 Å². The minimum absolute atomic E-state index is 0.0304. The van der Waals surface area contributed by atoms with E-state index in [4.69, 9.17) is 5.11 Å². The van der Waals surface area contributed by atoms with E-state index in [0.717, 1.165) is 32.0 Å². The fraction of sp³-hybridized carbons (Fsp3) is 0.571. The summed E-state index contributed by atoms with van der Waals surface area (Å²) in [6.07, 6.45) is 1.30. The van der Waals surface area contributed by atoms with Gasteiger partial charge in [-0.15, -0.1) is 0 Å². The Labute approximate surface area is 119 Å². The van der Waals surface area contributed by atoms with Crippen LogP contribution in [0.4, 0.5) is 5.82 Å². The zero-order valence-electron chi connectivity index (χ0n) is 11.8. The lowest BCUT2D eigenvalue weighted by Crippen LogP contribution is -2.50. The van der Waals surface area contributed by atoms with Gasteiger partial charge in [0, 0.05) is 38.9 Å². The Morgan fingerprint density at radius 2 is 2.15 bits per heavy atom. The van der Waals surface area contributed by atoms with Gasteiger partial charge in [-0.3, -0.25) is 9.69 Å². The largest absolute Gasteiger partial charge is 0.392 e. The number of carbonyl (C=O) groups excluding carboxylic acids is 1. The molecule has 1 atom stereocenters. The van der Waals surface area contributed by atoms with Gasteiger partial charge >= 0.3 is 0 Å². The van der Waals surface area contributed by atoms with Crippen molar-refractivity contribution in [3.05, 3.63) is 24.4 Å². The third-order valence-electron chi connectivity index (χ3n) is 3.31. The van der Waals surface area contributed by atoms with E-state index in [1.807, 2.05) is 18.2 Å². The van der Waals surface area contributed by atoms with Gasteiger partial charge in [0.1, 0.15) is 5.82 Å². The van der Waals surface area contributed by atoms with Gasteiger partial charge in [-0.05, 0) is 19.1 Å². The van der Waals surface area contributed by atoms with Gasteiger partial charge in [0.25, 0.3) is 0 Å². The van der Waals surface area contributed by atoms with E-state index in [0.29, 0.717) is 13.1 Å². The molecule has 0 spiro atoms. The maximum Gasteiger partial charge on any atom is 0.234 e. The highest BCUT2D eigenvalue weighted by molar-refractivity contribution is 5.78. The van der Waals surface area contributed by atoms with Crippen molar-refractivity contribution in [3.63, 3.8) is 0 Å². The standard InChI is InChI=1S/C14H22N4O2/c1-12(19)10-16-14(20)11-17-6-8-18(9-7-17)13-4-2-3-5-15-13/h2-5,12,19H,6-11H2,1H3,(H,16,20). The molecule has 1 aromatic heterocycles. The number of aliphatic hydroxyl groups is 1. The number of carbonyl (C=O) groups is 1. The molecule has 1 fully saturated rings. The predicted molar refractivity (Wildman–Crippen MR) is 77.6 cm³/mol. The van der Waals surface area contributed by atoms with Gasteiger partial charge < -0.3 is 15.3 Å². The number of rotatable bonds is 5. The lowest BCUT2D eigenvalue weighted by molar-refractivity contribution is -0.122. The van der Waals surface area contributed by atoms with Gasteiger partial charge in [0.2, 0.25) is 5.91 Å². The van der Waals surface area contributed by atoms with Crippen molar-refractivity contribution >= 4 is 11.7 Å². The molecule has 2 N–H and O–H groups in total. The molecule has 2 heterocycles. The molecule has 0 radical (unpaired) electrons. The molecule has 1 aliphatic rings. The Morgan fingerprint density at radius 1 is 1.40 bits per heavy atom. The molecule has 1 amide bonds. The van der Waals surface area contributed by atoms with Gasteiger partial charge in [0.15, 0.2) is 0 Å². The molecule has 6 nitrogen and oxygen atoms in total. The molecule has 1 aliphatic heterocycles. The van der Waals surface area contributed by atoms with Gasteiger partial charge in [-0.2, -0.15) is 0 Å². The van der Waals surface area contributed by atoms with E-state index < -0.39 is 6.10 Å². The van der Waals surface area contributed by atoms with E-state index in [9.17, 15) is 4.79 Å². The van der Waals surface area contributed by atoms with Crippen LogP contribution >= 0.6 is 0 Å². The summed E-state index contributed by atoms with van der Waals surface area (Å²) in [5, 5.41) is 11.8. The molecular weight excluding hydrogens is 256 g/mol. The predicted octanol–water partition coefficient (Wildman–Crippen LogP) is -0.299. The number of hydrogen-bond acceptors (Lipinski definition) is 5. The number of nitrogens with zero attached hydrogens (tertiary/aromatic N) is 3. The summed E-state index contributed by atoms with van der Waals surface area (Å²) in [5.41, 5.74) is 0. The SMILES string of the molecule is CC(O)CNC(=O)CN1CCN(c2ccccn2)CC1. The summed E-state index contributed by atoms with van der Waals surface area (Å²) in [6, 6.07) is 5.90. The van der Waals surface area contributed by atoms with Gasteiger partial charge in [-0.25, -0.2) is 4.98 Å². The Hall–Kier alpha value is -1.66. The zero-order valence-corrected chi connectivity index (χ0v) is 11.8. The first-order valence-corrected chi connectivity index (χ1v) is 6.98. The minimum atomic E-state index is -0.500. The van der Waals surface area contributed by atoms with Crippen LogP contribution in [-0.4, -0.2) is 66.3 Å². The molecule has 0 aromatic carbocycles. The number of amides is 1. The van der Waals surface area contributed by atoms with E-state index in [1.165, 1.54) is 0 Å². The van der Waals surface area contributed by atoms with Crippen LogP contribution < -0.4 is 10.2 Å². The van der Waals surface area contributed by atoms with Crippen LogP contribution in [0, 0.1) is 0 Å². The molecule has 1 unspecified atom stereocenters. The average molecular weight is 278 g/mol. The maximum atomic E-state index is 11.7. The third-order valence-corrected chi connectivity index (χ3v) is 3.31. The number of aromatic nitrogens is 1. The fourth-order valence-electron chi connectivity index (χ4n) is 2.20. The fourth-order valence-corrected chi connectivity index (χ4v) is 2.20. The highest BCUT2D eigenvalue weighted by Gasteiger charge is 2.19. The number of pyridine rings is 1. The average Bonchev–Trinajstić information content (AvgIpc) is 2.47. The summed E-state index contributed by atoms with van der Waals surface area (Å²) in [6.45, 7) is 5.81. The van der Waals surface area contributed by atoms with E-state index >= 15 is 0 Å². The van der Waals surface area contributed by atoms with Gasteiger partial charge in [-0.1, -0.05) is 6.07 Å². The van der Waals surface area contributed by atoms with Crippen molar-refractivity contribution in [1.82, 2.24) is 15.2 Å². The van der Waals surface area contributed by atoms with Crippen LogP contribution in [0.25, 0.3) is 0 Å². The molecule has 2 rings (SSSR count). The Kier molecular flexibility index (Phi) is 5.31. The van der Waals surface area contributed by atoms with Crippen LogP contribution in [0.3, 0.4) is 0 Å². The van der Waals surface area contributed by atoms with E-state index in [1.54, 1.807) is 13.1 Å². The number of nitrogens with one attached hydrogen (secondary N) is 1. The highest BCUT2D eigenvalue weighted by Crippen LogP contribution is 2.12. The van der Waals surface area contributed by atoms with Crippen molar-refractivity contribution in [2.75, 3.05) is 44.2 Å². The molecule has 0 saturated carbocycles. The number of aliphatic hydroxyl groups excluding tert-OH is 1. The van der Waals surface area contributed by atoms with Crippen molar-refractivity contribution in [3.8, 4) is 0 Å². The Bertz CT molecular complexity index is 416. The third kappa shape index (κ3) is 4.47. The number of hydrogen-bond donors (Lipinski definition) is 2. The zero-order chi connectivity index (χ0) is 14.4. The molecule has 1 saturated heterocycles. The molecule has 20 heavy (non-hydrogen) atoms. The molecule has 110 valence electrons. The second-order valence-corrected chi connectivity index (χ2v) is 5.10. The maximum absolute atomic E-state index is 11.7. The molecule has 0 bridgehead atoms. The van der Waals surface area contributed by atoms with Crippen LogP contribution in [0.1, 0.15) is 6.92 Å². The molecular formula is C14H22N4O2. The molecule has 1 aromatic rings. The Balaban J connectivity index is 1.73. The van der Waals surface area contributed by atoms with E-state index in [2.05, 4.69) is 20.1 Å². The summed E-state index contributed by atoms with van der Waals surface area (Å²) in [5.74, 6) is 0.961. The minimum Gasteiger partial charge on any atom is -0.392 e. The molecule has 0 aliphatic carbocycles. The van der Waals surface area contributed by atoms with Crippen molar-refractivity contribution in [1.29, 1.82) is 0 Å². The first-order valence-electron chi connectivity index (χ1n) is 6.98. The van der Waals surface area contributed by atoms with Gasteiger partial charge in [0.05, 0.1) is 12.6 Å². The monoisotopic (exact) mass is 278 g/mol. The van der Waals surface area contributed by atoms with Crippen LogP contribution in [0.15, 0.2) is 24.4 Å². The summed E-state index contributed by atoms with van der Waals surface area (Å²) >= 11 is 0. The summed E-state index contributed by atoms with van der Waals surface area (Å²) in [4.78, 5) is 20.4. The lowest BCUT2D eigenvalue weighted by Gasteiger charge is -2.34. The second-order valence-electron chi connectivity index (χ2n) is 5.10. The number of piperazine rings is 1. The quantitative estimate of drug-likeness (QED) is 0.774. The normalized spacial score (nSPS) is 17.8. The highest BCUT2D eigenvalue weighted by atomic mass is 16.3. The first-order chi connectivity index (χ1) is 9.65. The smallest absolute Gasteiger partial charge is 0.234 e. The summed E-state index contributed by atoms with van der Waals surface area (Å²) in [7, 11) is 0. The topological polar surface area (TPSA) is 68.7 Å². The Morgan fingerprint density at radius 3 is 2.75 bits per heavy atom. The van der Waals surface area contributed by atoms with Crippen molar-refractivity contribution in [2.24, 2.45) is 0 Å². The van der Waals surface area contributed by atoms with E-state index in [-0.39, 0.29) is 5.91 Å². The second kappa shape index (κ2) is 7.21.